The molecule has 0 saturated heterocycles. The Hall–Kier alpha value is -1.48. The molecule has 1 aliphatic rings. The predicted octanol–water partition coefficient (Wildman–Crippen LogP) is 4.04. The van der Waals surface area contributed by atoms with Gasteiger partial charge < -0.3 is 4.52 Å². The van der Waals surface area contributed by atoms with Crippen molar-refractivity contribution in [2.45, 2.75) is 6.54 Å². The molecular formula is C13H12ClN2O2P. The van der Waals surface area contributed by atoms with Crippen LogP contribution in [0.4, 0.5) is 5.69 Å². The van der Waals surface area contributed by atoms with Gasteiger partial charge in [0.05, 0.1) is 0 Å². The molecule has 2 aromatic carbocycles. The van der Waals surface area contributed by atoms with Gasteiger partial charge in [0.15, 0.2) is 0 Å². The highest BCUT2D eigenvalue weighted by Crippen LogP contribution is 2.47. The second kappa shape index (κ2) is 4.89. The van der Waals surface area contributed by atoms with Crippen molar-refractivity contribution in [1.29, 1.82) is 0 Å². The quantitative estimate of drug-likeness (QED) is 0.821. The lowest BCUT2D eigenvalue weighted by molar-refractivity contribution is 0.470. The Labute approximate surface area is 116 Å². The normalized spacial score (nSPS) is 21.3. The first-order valence-electron chi connectivity index (χ1n) is 5.81. The SMILES string of the molecule is O=[P@@]1(Oc2ccc(Cl)cc2)NCc2ccccc2N1. The van der Waals surface area contributed by atoms with E-state index >= 15 is 0 Å². The van der Waals surface area contributed by atoms with Crippen LogP contribution in [-0.4, -0.2) is 0 Å². The second-order valence-electron chi connectivity index (χ2n) is 4.20. The van der Waals surface area contributed by atoms with Crippen LogP contribution in [-0.2, 0) is 11.1 Å². The van der Waals surface area contributed by atoms with Crippen LogP contribution in [0.15, 0.2) is 48.5 Å². The van der Waals surface area contributed by atoms with Crippen molar-refractivity contribution >= 4 is 25.0 Å². The first-order valence-corrected chi connectivity index (χ1v) is 7.81. The zero-order chi connectivity index (χ0) is 13.3. The average Bonchev–Trinajstić information content (AvgIpc) is 2.41. The molecule has 0 radical (unpaired) electrons. The molecule has 0 aromatic heterocycles. The highest BCUT2D eigenvalue weighted by Gasteiger charge is 2.29. The lowest BCUT2D eigenvalue weighted by atomic mass is 10.2. The molecule has 0 unspecified atom stereocenters. The second-order valence-corrected chi connectivity index (χ2v) is 6.46. The Morgan fingerprint density at radius 3 is 2.63 bits per heavy atom. The topological polar surface area (TPSA) is 50.4 Å². The summed E-state index contributed by atoms with van der Waals surface area (Å²) in [5.74, 6) is 0.507. The molecule has 1 atom stereocenters. The largest absolute Gasteiger partial charge is 0.418 e. The molecule has 3 rings (SSSR count). The van der Waals surface area contributed by atoms with Gasteiger partial charge in [-0.2, -0.15) is 0 Å². The van der Waals surface area contributed by atoms with Crippen LogP contribution in [0.1, 0.15) is 5.56 Å². The van der Waals surface area contributed by atoms with E-state index in [-0.39, 0.29) is 0 Å². The van der Waals surface area contributed by atoms with Crippen molar-refractivity contribution in [1.82, 2.24) is 5.09 Å². The minimum Gasteiger partial charge on any atom is -0.418 e. The Kier molecular flexibility index (Phi) is 3.23. The molecule has 0 bridgehead atoms. The molecule has 0 spiro atoms. The lowest BCUT2D eigenvalue weighted by Crippen LogP contribution is -2.25. The first-order chi connectivity index (χ1) is 9.15. The fourth-order valence-electron chi connectivity index (χ4n) is 1.87. The van der Waals surface area contributed by atoms with Crippen LogP contribution in [0.25, 0.3) is 0 Å². The summed E-state index contributed by atoms with van der Waals surface area (Å²) >= 11 is 5.80. The van der Waals surface area contributed by atoms with Crippen LogP contribution < -0.4 is 14.7 Å². The summed E-state index contributed by atoms with van der Waals surface area (Å²) in [6.45, 7) is 0.508. The van der Waals surface area contributed by atoms with Gasteiger partial charge in [-0.15, -0.1) is 0 Å². The third-order valence-corrected chi connectivity index (χ3v) is 4.64. The molecule has 0 saturated carbocycles. The van der Waals surface area contributed by atoms with E-state index in [0.29, 0.717) is 17.3 Å². The van der Waals surface area contributed by atoms with Gasteiger partial charge >= 0.3 is 7.67 Å². The van der Waals surface area contributed by atoms with Gasteiger partial charge in [0, 0.05) is 17.3 Å². The molecule has 2 N–H and O–H groups in total. The minimum absolute atomic E-state index is 0.507. The van der Waals surface area contributed by atoms with E-state index in [4.69, 9.17) is 16.1 Å². The molecule has 4 nitrogen and oxygen atoms in total. The maximum atomic E-state index is 12.6. The van der Waals surface area contributed by atoms with Crippen LogP contribution in [0, 0.1) is 0 Å². The van der Waals surface area contributed by atoms with Gasteiger partial charge in [0.1, 0.15) is 5.75 Å². The third kappa shape index (κ3) is 2.76. The number of hydrogen-bond donors (Lipinski definition) is 2. The van der Waals surface area contributed by atoms with Gasteiger partial charge in [0.25, 0.3) is 0 Å². The third-order valence-electron chi connectivity index (χ3n) is 2.81. The Morgan fingerprint density at radius 2 is 1.84 bits per heavy atom. The molecular weight excluding hydrogens is 283 g/mol. The minimum atomic E-state index is -3.13. The van der Waals surface area contributed by atoms with Crippen molar-refractivity contribution in [3.05, 3.63) is 59.1 Å². The molecule has 2 aromatic rings. The van der Waals surface area contributed by atoms with Gasteiger partial charge in [-0.3, -0.25) is 5.09 Å². The maximum absolute atomic E-state index is 12.6. The maximum Gasteiger partial charge on any atom is 0.417 e. The number of rotatable bonds is 2. The standard InChI is InChI=1S/C13H12ClN2O2P/c14-11-5-7-12(8-6-11)18-19(17)15-9-10-3-1-2-4-13(10)16-19/h1-8H,9H2,(H2,15,16,17)/t19-/m1/s1. The molecule has 0 fully saturated rings. The number of fused-ring (bicyclic) bond motifs is 1. The summed E-state index contributed by atoms with van der Waals surface area (Å²) in [6, 6.07) is 14.5. The molecule has 98 valence electrons. The van der Waals surface area contributed by atoms with Gasteiger partial charge in [-0.05, 0) is 35.9 Å². The number of hydrogen-bond acceptors (Lipinski definition) is 2. The number of para-hydroxylation sites is 1. The molecule has 6 heteroatoms. The highest BCUT2D eigenvalue weighted by atomic mass is 35.5. The van der Waals surface area contributed by atoms with E-state index in [0.717, 1.165) is 11.3 Å². The van der Waals surface area contributed by atoms with Crippen molar-refractivity contribution in [3.63, 3.8) is 0 Å². The van der Waals surface area contributed by atoms with E-state index in [9.17, 15) is 4.57 Å². The number of nitrogens with one attached hydrogen (secondary N) is 2. The summed E-state index contributed by atoms with van der Waals surface area (Å²) in [5.41, 5.74) is 1.90. The summed E-state index contributed by atoms with van der Waals surface area (Å²) < 4.78 is 18.1. The van der Waals surface area contributed by atoms with Crippen LogP contribution in [0.3, 0.4) is 0 Å². The summed E-state index contributed by atoms with van der Waals surface area (Å²) in [6.07, 6.45) is 0. The van der Waals surface area contributed by atoms with E-state index in [1.54, 1.807) is 24.3 Å². The van der Waals surface area contributed by atoms with Gasteiger partial charge in [0.2, 0.25) is 0 Å². The van der Waals surface area contributed by atoms with E-state index in [2.05, 4.69) is 10.2 Å². The van der Waals surface area contributed by atoms with Crippen molar-refractivity contribution in [3.8, 4) is 5.75 Å². The molecule has 19 heavy (non-hydrogen) atoms. The van der Waals surface area contributed by atoms with E-state index in [1.807, 2.05) is 24.3 Å². The highest BCUT2D eigenvalue weighted by molar-refractivity contribution is 7.58. The van der Waals surface area contributed by atoms with E-state index < -0.39 is 7.67 Å². The molecule has 0 aliphatic carbocycles. The number of benzene rings is 2. The average molecular weight is 295 g/mol. The van der Waals surface area contributed by atoms with Crippen molar-refractivity contribution < 1.29 is 9.09 Å². The summed E-state index contributed by atoms with van der Waals surface area (Å²) in [7, 11) is -3.13. The summed E-state index contributed by atoms with van der Waals surface area (Å²) in [4.78, 5) is 0. The van der Waals surface area contributed by atoms with Crippen LogP contribution in [0.2, 0.25) is 5.02 Å². The molecule has 1 aliphatic heterocycles. The number of halogens is 1. The monoisotopic (exact) mass is 294 g/mol. The van der Waals surface area contributed by atoms with Gasteiger partial charge in [-0.25, -0.2) is 9.65 Å². The predicted molar refractivity (Wildman–Crippen MR) is 76.6 cm³/mol. The van der Waals surface area contributed by atoms with Gasteiger partial charge in [-0.1, -0.05) is 29.8 Å². The van der Waals surface area contributed by atoms with E-state index in [1.165, 1.54) is 0 Å². The molecule has 0 amide bonds. The molecule has 1 heterocycles. The Balaban J connectivity index is 1.82. The van der Waals surface area contributed by atoms with Crippen LogP contribution in [0.5, 0.6) is 5.75 Å². The smallest absolute Gasteiger partial charge is 0.417 e. The fraction of sp³-hybridized carbons (Fsp3) is 0.0769. The zero-order valence-corrected chi connectivity index (χ0v) is 11.6. The number of anilines is 1. The Bertz CT molecular complexity index is 645. The summed E-state index contributed by atoms with van der Waals surface area (Å²) in [5, 5.41) is 6.44. The van der Waals surface area contributed by atoms with Crippen molar-refractivity contribution in [2.75, 3.05) is 5.09 Å². The lowest BCUT2D eigenvalue weighted by Gasteiger charge is -2.27. The Morgan fingerprint density at radius 1 is 1.11 bits per heavy atom. The first kappa shape index (κ1) is 12.5. The fourth-order valence-corrected chi connectivity index (χ4v) is 3.52. The van der Waals surface area contributed by atoms with Crippen LogP contribution >= 0.6 is 19.3 Å². The zero-order valence-electron chi connectivity index (χ0n) is 9.97. The van der Waals surface area contributed by atoms with Crippen molar-refractivity contribution in [2.24, 2.45) is 0 Å².